The molecular weight excluding hydrogens is 476 g/mol. The van der Waals surface area contributed by atoms with Gasteiger partial charge >= 0.3 is 0 Å². The number of sulfonamides is 1. The van der Waals surface area contributed by atoms with Gasteiger partial charge in [0, 0.05) is 23.5 Å². The van der Waals surface area contributed by atoms with Crippen molar-refractivity contribution in [3.05, 3.63) is 59.2 Å². The minimum absolute atomic E-state index is 0.0904. The molecule has 5 rings (SSSR count). The van der Waals surface area contributed by atoms with Crippen LogP contribution in [0, 0.1) is 0 Å². The molecule has 11 heteroatoms. The molecule has 0 spiro atoms. The van der Waals surface area contributed by atoms with Gasteiger partial charge in [-0.1, -0.05) is 23.7 Å². The third-order valence-electron chi connectivity index (χ3n) is 6.03. The van der Waals surface area contributed by atoms with Gasteiger partial charge in [-0.3, -0.25) is 0 Å². The average molecular weight is 501 g/mol. The summed E-state index contributed by atoms with van der Waals surface area (Å²) in [5, 5.41) is 6.50. The molecule has 0 aliphatic carbocycles. The second-order valence-electron chi connectivity index (χ2n) is 8.19. The molecular formula is C23H25ClN6O3S. The van der Waals surface area contributed by atoms with E-state index in [-0.39, 0.29) is 15.7 Å². The van der Waals surface area contributed by atoms with Crippen LogP contribution in [0.1, 0.15) is 18.4 Å². The van der Waals surface area contributed by atoms with Gasteiger partial charge in [0.25, 0.3) is 0 Å². The maximum Gasteiger partial charge on any atom is 0.242 e. The van der Waals surface area contributed by atoms with Crippen LogP contribution in [0.15, 0.2) is 53.6 Å². The van der Waals surface area contributed by atoms with E-state index in [1.807, 2.05) is 6.07 Å². The predicted molar refractivity (Wildman–Crippen MR) is 133 cm³/mol. The van der Waals surface area contributed by atoms with E-state index in [0.717, 1.165) is 30.8 Å². The summed E-state index contributed by atoms with van der Waals surface area (Å²) >= 11 is 6.31. The number of hydrogen-bond donors (Lipinski definition) is 3. The minimum atomic E-state index is -3.67. The largest absolute Gasteiger partial charge is 0.375 e. The van der Waals surface area contributed by atoms with Crippen molar-refractivity contribution in [1.82, 2.24) is 14.7 Å². The molecule has 1 aromatic heterocycles. The molecule has 9 nitrogen and oxygen atoms in total. The SMILES string of the molecule is CNS(=O)(=O)c1ccccc1Nc1nc(Nc2ccc3c(c2)COC[C@@H]2CCCN32)ncc1Cl. The number of halogens is 1. The summed E-state index contributed by atoms with van der Waals surface area (Å²) in [4.78, 5) is 11.3. The predicted octanol–water partition coefficient (Wildman–Crippen LogP) is 4.02. The quantitative estimate of drug-likeness (QED) is 0.465. The number of fused-ring (bicyclic) bond motifs is 3. The molecule has 0 bridgehead atoms. The van der Waals surface area contributed by atoms with Crippen molar-refractivity contribution in [2.45, 2.75) is 30.4 Å². The molecule has 178 valence electrons. The fourth-order valence-corrected chi connectivity index (χ4v) is 5.40. The number of hydrogen-bond acceptors (Lipinski definition) is 8. The molecule has 3 N–H and O–H groups in total. The van der Waals surface area contributed by atoms with E-state index in [1.54, 1.807) is 18.2 Å². The molecule has 3 heterocycles. The van der Waals surface area contributed by atoms with Crippen LogP contribution in [0.5, 0.6) is 0 Å². The molecule has 2 aliphatic heterocycles. The van der Waals surface area contributed by atoms with Crippen LogP contribution in [0.2, 0.25) is 5.02 Å². The number of benzene rings is 2. The Morgan fingerprint density at radius 1 is 1.18 bits per heavy atom. The van der Waals surface area contributed by atoms with Gasteiger partial charge in [0.1, 0.15) is 9.92 Å². The van der Waals surface area contributed by atoms with Crippen molar-refractivity contribution in [3.63, 3.8) is 0 Å². The lowest BCUT2D eigenvalue weighted by molar-refractivity contribution is 0.114. The Kier molecular flexibility index (Phi) is 6.30. The molecule has 34 heavy (non-hydrogen) atoms. The fourth-order valence-electron chi connectivity index (χ4n) is 4.38. The zero-order valence-electron chi connectivity index (χ0n) is 18.6. The third kappa shape index (κ3) is 4.54. The van der Waals surface area contributed by atoms with Gasteiger partial charge in [0.15, 0.2) is 5.82 Å². The summed E-state index contributed by atoms with van der Waals surface area (Å²) < 4.78 is 33.0. The maximum absolute atomic E-state index is 12.4. The zero-order chi connectivity index (χ0) is 23.7. The Morgan fingerprint density at radius 2 is 2.03 bits per heavy atom. The van der Waals surface area contributed by atoms with E-state index in [2.05, 4.69) is 42.4 Å². The number of aromatic nitrogens is 2. The molecule has 0 amide bonds. The highest BCUT2D eigenvalue weighted by Crippen LogP contribution is 2.34. The first-order chi connectivity index (χ1) is 16.4. The minimum Gasteiger partial charge on any atom is -0.375 e. The summed E-state index contributed by atoms with van der Waals surface area (Å²) in [6, 6.07) is 13.1. The van der Waals surface area contributed by atoms with Gasteiger partial charge < -0.3 is 20.3 Å². The highest BCUT2D eigenvalue weighted by Gasteiger charge is 2.29. The van der Waals surface area contributed by atoms with Crippen LogP contribution in [-0.4, -0.2) is 44.6 Å². The average Bonchev–Trinajstić information content (AvgIpc) is 3.23. The van der Waals surface area contributed by atoms with E-state index in [1.165, 1.54) is 31.4 Å². The summed E-state index contributed by atoms with van der Waals surface area (Å²) in [5.74, 6) is 0.616. The molecule has 0 radical (unpaired) electrons. The number of ether oxygens (including phenoxy) is 1. The lowest BCUT2D eigenvalue weighted by atomic mass is 10.1. The van der Waals surface area contributed by atoms with E-state index >= 15 is 0 Å². The van der Waals surface area contributed by atoms with E-state index in [0.29, 0.717) is 24.3 Å². The normalized spacial score (nSPS) is 17.6. The third-order valence-corrected chi connectivity index (χ3v) is 7.78. The van der Waals surface area contributed by atoms with Crippen molar-refractivity contribution < 1.29 is 13.2 Å². The maximum atomic E-state index is 12.4. The van der Waals surface area contributed by atoms with E-state index < -0.39 is 10.0 Å². The van der Waals surface area contributed by atoms with Gasteiger partial charge in [-0.25, -0.2) is 18.1 Å². The monoisotopic (exact) mass is 500 g/mol. The lowest BCUT2D eigenvalue weighted by Gasteiger charge is -2.25. The van der Waals surface area contributed by atoms with Crippen molar-refractivity contribution in [2.75, 3.05) is 35.7 Å². The van der Waals surface area contributed by atoms with Crippen molar-refractivity contribution in [1.29, 1.82) is 0 Å². The summed E-state index contributed by atoms with van der Waals surface area (Å²) in [6.07, 6.45) is 3.81. The standard InChI is InChI=1S/C23H25ClN6O3S/c1-25-34(31,32)21-7-3-2-6-19(21)28-22-18(24)12-26-23(29-22)27-16-8-9-20-15(11-16)13-33-14-17-5-4-10-30(17)20/h2-3,6-9,11-12,17,25H,4-5,10,13-14H2,1H3,(H2,26,27,28,29)/t17-/m0/s1. The molecule has 0 saturated carbocycles. The van der Waals surface area contributed by atoms with Crippen molar-refractivity contribution in [2.24, 2.45) is 0 Å². The van der Waals surface area contributed by atoms with Crippen LogP contribution < -0.4 is 20.3 Å². The smallest absolute Gasteiger partial charge is 0.242 e. The molecule has 0 unspecified atom stereocenters. The van der Waals surface area contributed by atoms with E-state index in [9.17, 15) is 8.42 Å². The highest BCUT2D eigenvalue weighted by atomic mass is 35.5. The Labute approximate surface area is 203 Å². The van der Waals surface area contributed by atoms with Crippen molar-refractivity contribution >= 4 is 50.5 Å². The second kappa shape index (κ2) is 9.38. The van der Waals surface area contributed by atoms with Gasteiger partial charge in [-0.15, -0.1) is 0 Å². The number of nitrogens with one attached hydrogen (secondary N) is 3. The molecule has 1 atom stereocenters. The van der Waals surface area contributed by atoms with Gasteiger partial charge in [0.2, 0.25) is 16.0 Å². The summed E-state index contributed by atoms with van der Waals surface area (Å²) in [7, 11) is -2.31. The topological polar surface area (TPSA) is 108 Å². The van der Waals surface area contributed by atoms with E-state index in [4.69, 9.17) is 16.3 Å². The van der Waals surface area contributed by atoms with Gasteiger partial charge in [-0.05, 0) is 50.2 Å². The van der Waals surface area contributed by atoms with Crippen LogP contribution in [0.4, 0.5) is 28.8 Å². The Balaban J connectivity index is 1.40. The molecule has 2 aliphatic rings. The van der Waals surface area contributed by atoms with Crippen LogP contribution in [0.25, 0.3) is 0 Å². The first-order valence-corrected chi connectivity index (χ1v) is 12.9. The first kappa shape index (κ1) is 22.9. The van der Waals surface area contributed by atoms with Crippen molar-refractivity contribution in [3.8, 4) is 0 Å². The van der Waals surface area contributed by atoms with Crippen LogP contribution >= 0.6 is 11.6 Å². The van der Waals surface area contributed by atoms with Gasteiger partial charge in [0.05, 0.1) is 31.1 Å². The Hall–Kier alpha value is -2.92. The summed E-state index contributed by atoms with van der Waals surface area (Å²) in [6.45, 7) is 2.36. The second-order valence-corrected chi connectivity index (χ2v) is 10.5. The van der Waals surface area contributed by atoms with Crippen LogP contribution in [0.3, 0.4) is 0 Å². The van der Waals surface area contributed by atoms with Gasteiger partial charge in [-0.2, -0.15) is 4.98 Å². The number of para-hydroxylation sites is 1. The molecule has 2 aromatic carbocycles. The Bertz CT molecular complexity index is 1320. The first-order valence-electron chi connectivity index (χ1n) is 11.0. The molecule has 3 aromatic rings. The number of anilines is 5. The lowest BCUT2D eigenvalue weighted by Crippen LogP contribution is -2.31. The Morgan fingerprint density at radius 3 is 2.88 bits per heavy atom. The zero-order valence-corrected chi connectivity index (χ0v) is 20.2. The number of rotatable bonds is 6. The number of nitrogens with zero attached hydrogens (tertiary/aromatic N) is 3. The summed E-state index contributed by atoms with van der Waals surface area (Å²) in [5.41, 5.74) is 3.51. The highest BCUT2D eigenvalue weighted by molar-refractivity contribution is 7.89. The molecule has 1 saturated heterocycles. The van der Waals surface area contributed by atoms with Crippen LogP contribution in [-0.2, 0) is 21.4 Å². The molecule has 1 fully saturated rings. The fraction of sp³-hybridized carbons (Fsp3) is 0.304.